The van der Waals surface area contributed by atoms with Crippen LogP contribution in [0.1, 0.15) is 29.6 Å². The summed E-state index contributed by atoms with van der Waals surface area (Å²) in [5, 5.41) is 16.1. The number of rotatable bonds is 2. The summed E-state index contributed by atoms with van der Waals surface area (Å²) < 4.78 is 28.7. The van der Waals surface area contributed by atoms with E-state index in [2.05, 4.69) is 26.3 Å². The van der Waals surface area contributed by atoms with Crippen LogP contribution in [0.4, 0.5) is 14.6 Å². The average molecular weight is 353 g/mol. The summed E-state index contributed by atoms with van der Waals surface area (Å²) in [4.78, 5) is 0. The maximum atomic E-state index is 13.3. The molecule has 1 aliphatic rings. The zero-order valence-electron chi connectivity index (χ0n) is 10.8. The van der Waals surface area contributed by atoms with Crippen LogP contribution in [-0.4, -0.2) is 16.2 Å². The zero-order chi connectivity index (χ0) is 15.0. The Kier molecular flexibility index (Phi) is 3.64. The number of halogens is 3. The van der Waals surface area contributed by atoms with Crippen molar-refractivity contribution in [3.05, 3.63) is 46.1 Å². The van der Waals surface area contributed by atoms with Gasteiger partial charge in [0.25, 0.3) is 6.43 Å². The van der Waals surface area contributed by atoms with Crippen LogP contribution >= 0.6 is 15.9 Å². The smallest absolute Gasteiger partial charge is 0.260 e. The molecule has 0 bridgehead atoms. The molecule has 0 unspecified atom stereocenters. The van der Waals surface area contributed by atoms with Gasteiger partial charge in [-0.25, -0.2) is 13.5 Å². The first kappa shape index (κ1) is 14.0. The number of nitrogens with zero attached hydrogens (tertiary/aromatic N) is 3. The van der Waals surface area contributed by atoms with E-state index in [1.54, 1.807) is 0 Å². The van der Waals surface area contributed by atoms with Gasteiger partial charge in [0.15, 0.2) is 0 Å². The van der Waals surface area contributed by atoms with Crippen LogP contribution in [0.2, 0.25) is 0 Å². The van der Waals surface area contributed by atoms with E-state index in [1.807, 2.05) is 30.3 Å². The van der Waals surface area contributed by atoms with E-state index < -0.39 is 12.5 Å². The molecule has 0 saturated heterocycles. The number of aromatic nitrogens is 2. The summed E-state index contributed by atoms with van der Waals surface area (Å²) in [7, 11) is 0. The van der Waals surface area contributed by atoms with Crippen LogP contribution in [0.15, 0.2) is 34.9 Å². The van der Waals surface area contributed by atoms with Gasteiger partial charge >= 0.3 is 0 Å². The van der Waals surface area contributed by atoms with Crippen molar-refractivity contribution in [2.24, 2.45) is 0 Å². The van der Waals surface area contributed by atoms with Crippen LogP contribution in [-0.2, 0) is 0 Å². The predicted molar refractivity (Wildman–Crippen MR) is 77.1 cm³/mol. The lowest BCUT2D eigenvalue weighted by atomic mass is 9.97. The SMILES string of the molecule is N#Cc1cnn2c1N[C@H](c1ccc(Br)cc1)C[C@H]2C(F)F. The molecule has 0 saturated carbocycles. The van der Waals surface area contributed by atoms with Gasteiger partial charge in [0, 0.05) is 4.47 Å². The normalized spacial score (nSPS) is 20.7. The first-order valence-electron chi connectivity index (χ1n) is 6.38. The minimum Gasteiger partial charge on any atom is -0.362 e. The number of hydrogen-bond acceptors (Lipinski definition) is 3. The maximum Gasteiger partial charge on any atom is 0.260 e. The quantitative estimate of drug-likeness (QED) is 0.892. The number of nitriles is 1. The molecule has 3 rings (SSSR count). The Balaban J connectivity index is 2.00. The van der Waals surface area contributed by atoms with Gasteiger partial charge in [-0.3, -0.25) is 0 Å². The Morgan fingerprint density at radius 2 is 2.10 bits per heavy atom. The highest BCUT2D eigenvalue weighted by Crippen LogP contribution is 2.39. The molecule has 1 aromatic carbocycles. The van der Waals surface area contributed by atoms with Gasteiger partial charge in [0.1, 0.15) is 23.5 Å². The molecule has 2 heterocycles. The van der Waals surface area contributed by atoms with Crippen molar-refractivity contribution in [2.75, 3.05) is 5.32 Å². The molecule has 0 radical (unpaired) electrons. The molecule has 0 amide bonds. The van der Waals surface area contributed by atoms with Crippen LogP contribution in [0, 0.1) is 11.3 Å². The van der Waals surface area contributed by atoms with Crippen molar-refractivity contribution >= 4 is 21.7 Å². The predicted octanol–water partition coefficient (Wildman–Crippen LogP) is 3.88. The van der Waals surface area contributed by atoms with Crippen molar-refractivity contribution in [1.82, 2.24) is 9.78 Å². The second-order valence-electron chi connectivity index (χ2n) is 4.85. The van der Waals surface area contributed by atoms with Crippen LogP contribution in [0.5, 0.6) is 0 Å². The summed E-state index contributed by atoms with van der Waals surface area (Å²) >= 11 is 3.35. The number of anilines is 1. The molecule has 21 heavy (non-hydrogen) atoms. The Bertz CT molecular complexity index is 690. The first-order valence-corrected chi connectivity index (χ1v) is 7.17. The molecule has 2 atom stereocenters. The molecule has 1 aliphatic heterocycles. The fourth-order valence-electron chi connectivity index (χ4n) is 2.53. The Labute approximate surface area is 128 Å². The van der Waals surface area contributed by atoms with Crippen molar-refractivity contribution in [3.63, 3.8) is 0 Å². The van der Waals surface area contributed by atoms with E-state index in [0.29, 0.717) is 5.82 Å². The summed E-state index contributed by atoms with van der Waals surface area (Å²) in [5.74, 6) is 0.363. The molecule has 1 aromatic heterocycles. The molecule has 2 aromatic rings. The third kappa shape index (κ3) is 2.51. The number of fused-ring (bicyclic) bond motifs is 1. The van der Waals surface area contributed by atoms with Gasteiger partial charge < -0.3 is 5.32 Å². The molecular weight excluding hydrogens is 342 g/mol. The Morgan fingerprint density at radius 1 is 1.38 bits per heavy atom. The molecule has 0 spiro atoms. The lowest BCUT2D eigenvalue weighted by Crippen LogP contribution is -2.31. The van der Waals surface area contributed by atoms with Crippen molar-refractivity contribution in [2.45, 2.75) is 24.9 Å². The van der Waals surface area contributed by atoms with Gasteiger partial charge in [-0.05, 0) is 24.1 Å². The van der Waals surface area contributed by atoms with E-state index in [-0.39, 0.29) is 18.0 Å². The minimum atomic E-state index is -2.53. The van der Waals surface area contributed by atoms with Gasteiger partial charge in [0.05, 0.1) is 12.2 Å². The van der Waals surface area contributed by atoms with Gasteiger partial charge in [-0.2, -0.15) is 10.4 Å². The average Bonchev–Trinajstić information content (AvgIpc) is 2.89. The monoisotopic (exact) mass is 352 g/mol. The van der Waals surface area contributed by atoms with E-state index in [1.165, 1.54) is 10.9 Å². The van der Waals surface area contributed by atoms with Crippen LogP contribution in [0.25, 0.3) is 0 Å². The number of alkyl halides is 2. The number of nitrogens with one attached hydrogen (secondary N) is 1. The fourth-order valence-corrected chi connectivity index (χ4v) is 2.79. The highest BCUT2D eigenvalue weighted by molar-refractivity contribution is 9.10. The van der Waals surface area contributed by atoms with E-state index in [9.17, 15) is 8.78 Å². The molecule has 1 N–H and O–H groups in total. The lowest BCUT2D eigenvalue weighted by molar-refractivity contribution is 0.0658. The largest absolute Gasteiger partial charge is 0.362 e. The molecule has 0 aliphatic carbocycles. The highest BCUT2D eigenvalue weighted by Gasteiger charge is 2.35. The number of benzene rings is 1. The molecular formula is C14H11BrF2N4. The van der Waals surface area contributed by atoms with Crippen LogP contribution < -0.4 is 5.32 Å². The second-order valence-corrected chi connectivity index (χ2v) is 5.76. The minimum absolute atomic E-state index is 0.221. The van der Waals surface area contributed by atoms with Gasteiger partial charge in [-0.15, -0.1) is 0 Å². The van der Waals surface area contributed by atoms with E-state index >= 15 is 0 Å². The molecule has 0 fully saturated rings. The number of hydrogen-bond donors (Lipinski definition) is 1. The standard InChI is InChI=1S/C14H11BrF2N4/c15-10-3-1-8(2-4-10)11-5-12(13(16)17)21-14(20-11)9(6-18)7-19-21/h1-4,7,11-13,20H,5H2/t11-,12-/m0/s1. The molecule has 108 valence electrons. The fraction of sp³-hybridized carbons (Fsp3) is 0.286. The third-order valence-corrected chi connectivity index (χ3v) is 4.11. The zero-order valence-corrected chi connectivity index (χ0v) is 12.4. The topological polar surface area (TPSA) is 53.6 Å². The highest BCUT2D eigenvalue weighted by atomic mass is 79.9. The first-order chi connectivity index (χ1) is 10.1. The van der Waals surface area contributed by atoms with Gasteiger partial charge in [-0.1, -0.05) is 28.1 Å². The third-order valence-electron chi connectivity index (χ3n) is 3.58. The Hall–Kier alpha value is -1.94. The lowest BCUT2D eigenvalue weighted by Gasteiger charge is -2.32. The molecule has 4 nitrogen and oxygen atoms in total. The summed E-state index contributed by atoms with van der Waals surface area (Å²) in [5.41, 5.74) is 1.18. The second kappa shape index (κ2) is 5.45. The maximum absolute atomic E-state index is 13.3. The molecule has 7 heteroatoms. The van der Waals surface area contributed by atoms with Gasteiger partial charge in [0.2, 0.25) is 0 Å². The Morgan fingerprint density at radius 3 is 2.71 bits per heavy atom. The summed E-state index contributed by atoms with van der Waals surface area (Å²) in [6.07, 6.45) is -0.990. The van der Waals surface area contributed by atoms with E-state index in [4.69, 9.17) is 5.26 Å². The summed E-state index contributed by atoms with van der Waals surface area (Å²) in [6.45, 7) is 0. The summed E-state index contributed by atoms with van der Waals surface area (Å²) in [6, 6.07) is 8.16. The van der Waals surface area contributed by atoms with Crippen molar-refractivity contribution < 1.29 is 8.78 Å². The van der Waals surface area contributed by atoms with E-state index in [0.717, 1.165) is 10.0 Å². The van der Waals surface area contributed by atoms with Crippen molar-refractivity contribution in [1.29, 1.82) is 5.26 Å². The van der Waals surface area contributed by atoms with Crippen LogP contribution in [0.3, 0.4) is 0 Å². The van der Waals surface area contributed by atoms with Crippen molar-refractivity contribution in [3.8, 4) is 6.07 Å².